The van der Waals surface area contributed by atoms with Crippen LogP contribution in [0.3, 0.4) is 0 Å². The van der Waals surface area contributed by atoms with Crippen LogP contribution in [0.5, 0.6) is 0 Å². The van der Waals surface area contributed by atoms with Crippen molar-refractivity contribution in [3.05, 3.63) is 175 Å². The fraction of sp³-hybridized carbons (Fsp3) is 0.0200. The number of hydrogen-bond acceptors (Lipinski definition) is 2. The van der Waals surface area contributed by atoms with Gasteiger partial charge >= 0.3 is 6.18 Å². The quantitative estimate of drug-likeness (QED) is 0.168. The van der Waals surface area contributed by atoms with Crippen LogP contribution in [0, 0.1) is 6.57 Å². The van der Waals surface area contributed by atoms with Crippen LogP contribution in [0.4, 0.5) is 18.9 Å². The van der Waals surface area contributed by atoms with Crippen LogP contribution in [0.2, 0.25) is 0 Å². The van der Waals surface area contributed by atoms with Crippen molar-refractivity contribution in [3.63, 3.8) is 0 Å². The third kappa shape index (κ3) is 4.35. The SMILES string of the molecule is [C-]#[N+]c1cccc(-c2ccc(-n3c4ccccc4c4ccc5oc6ccccc6c5c43)c(C(F)(F)F)c2-n2c3ccccc3c3ccc4oc5ccccc5c4c32)c1. The maximum atomic E-state index is 16.8. The predicted octanol–water partition coefficient (Wildman–Crippen LogP) is 14.9. The van der Waals surface area contributed by atoms with Crippen molar-refractivity contribution in [2.75, 3.05) is 0 Å². The lowest BCUT2D eigenvalue weighted by molar-refractivity contribution is -0.137. The number of hydrogen-bond donors (Lipinski definition) is 0. The highest BCUT2D eigenvalue weighted by atomic mass is 19.4. The van der Waals surface area contributed by atoms with Gasteiger partial charge in [0.1, 0.15) is 27.9 Å². The van der Waals surface area contributed by atoms with Gasteiger partial charge in [-0.15, -0.1) is 0 Å². The predicted molar refractivity (Wildman–Crippen MR) is 226 cm³/mol. The van der Waals surface area contributed by atoms with Crippen molar-refractivity contribution in [3.8, 4) is 22.5 Å². The summed E-state index contributed by atoms with van der Waals surface area (Å²) in [6, 6.07) is 48.2. The molecule has 0 amide bonds. The molecule has 4 heterocycles. The van der Waals surface area contributed by atoms with Crippen molar-refractivity contribution >= 4 is 93.2 Å². The number of fused-ring (bicyclic) bond motifs is 14. The van der Waals surface area contributed by atoms with E-state index in [1.807, 2.05) is 121 Å². The molecule has 0 radical (unpaired) electrons. The van der Waals surface area contributed by atoms with Crippen LogP contribution in [0.15, 0.2) is 167 Å². The molecule has 0 aliphatic carbocycles. The lowest BCUT2D eigenvalue weighted by Gasteiger charge is -2.24. The summed E-state index contributed by atoms with van der Waals surface area (Å²) in [4.78, 5) is 3.66. The van der Waals surface area contributed by atoms with Crippen molar-refractivity contribution in [2.45, 2.75) is 6.18 Å². The van der Waals surface area contributed by atoms with E-state index in [-0.39, 0.29) is 11.4 Å². The lowest BCUT2D eigenvalue weighted by Crippen LogP contribution is -2.17. The van der Waals surface area contributed by atoms with Crippen molar-refractivity contribution in [1.29, 1.82) is 0 Å². The Hall–Kier alpha value is -7.76. The molecule has 0 unspecified atom stereocenters. The Morgan fingerprint density at radius 1 is 0.483 bits per heavy atom. The first-order valence-electron chi connectivity index (χ1n) is 18.8. The Balaban J connectivity index is 1.35. The molecular weight excluding hydrogens is 732 g/mol. The second-order valence-corrected chi connectivity index (χ2v) is 14.6. The van der Waals surface area contributed by atoms with Crippen LogP contribution in [-0.4, -0.2) is 9.13 Å². The summed E-state index contributed by atoms with van der Waals surface area (Å²) in [6.45, 7) is 7.81. The van der Waals surface area contributed by atoms with E-state index in [0.29, 0.717) is 66.6 Å². The van der Waals surface area contributed by atoms with E-state index in [1.165, 1.54) is 0 Å². The maximum Gasteiger partial charge on any atom is 0.420 e. The van der Waals surface area contributed by atoms with E-state index >= 15 is 13.2 Å². The van der Waals surface area contributed by atoms with Gasteiger partial charge in [0.25, 0.3) is 0 Å². The molecule has 8 aromatic carbocycles. The molecule has 5 nitrogen and oxygen atoms in total. The zero-order valence-electron chi connectivity index (χ0n) is 30.3. The van der Waals surface area contributed by atoms with Gasteiger partial charge in [0.2, 0.25) is 0 Å². The highest BCUT2D eigenvalue weighted by Crippen LogP contribution is 2.50. The van der Waals surface area contributed by atoms with Gasteiger partial charge in [0, 0.05) is 37.9 Å². The molecule has 0 aliphatic rings. The molecule has 0 atom stereocenters. The number of nitrogens with zero attached hydrogens (tertiary/aromatic N) is 3. The Kier molecular flexibility index (Phi) is 6.52. The van der Waals surface area contributed by atoms with Crippen LogP contribution < -0.4 is 0 Å². The van der Waals surface area contributed by atoms with Gasteiger partial charge in [-0.1, -0.05) is 97.1 Å². The fourth-order valence-electron chi connectivity index (χ4n) is 9.27. The third-order valence-electron chi connectivity index (χ3n) is 11.5. The normalized spacial score (nSPS) is 12.4. The first-order valence-corrected chi connectivity index (χ1v) is 18.8. The topological polar surface area (TPSA) is 40.5 Å². The van der Waals surface area contributed by atoms with E-state index in [2.05, 4.69) is 4.85 Å². The van der Waals surface area contributed by atoms with Gasteiger partial charge in [-0.2, -0.15) is 13.2 Å². The minimum absolute atomic E-state index is 0.0354. The molecule has 0 saturated heterocycles. The van der Waals surface area contributed by atoms with Gasteiger partial charge in [0.05, 0.1) is 50.8 Å². The number of benzene rings is 8. The van der Waals surface area contributed by atoms with Crippen LogP contribution in [0.25, 0.3) is 115 Å². The summed E-state index contributed by atoms with van der Waals surface area (Å²) in [5, 5.41) is 6.27. The average molecular weight is 758 g/mol. The lowest BCUT2D eigenvalue weighted by atomic mass is 9.96. The van der Waals surface area contributed by atoms with Crippen LogP contribution in [-0.2, 0) is 6.18 Å². The highest BCUT2D eigenvalue weighted by molar-refractivity contribution is 6.26. The van der Waals surface area contributed by atoms with Gasteiger partial charge in [0.15, 0.2) is 5.69 Å². The number of halogens is 3. The summed E-state index contributed by atoms with van der Waals surface area (Å²) < 4.78 is 66.7. The minimum Gasteiger partial charge on any atom is -0.456 e. The Labute approximate surface area is 326 Å². The second-order valence-electron chi connectivity index (χ2n) is 14.6. The Morgan fingerprint density at radius 3 is 1.60 bits per heavy atom. The summed E-state index contributed by atoms with van der Waals surface area (Å²) in [5.41, 5.74) is 5.10. The number of furan rings is 2. The summed E-state index contributed by atoms with van der Waals surface area (Å²) in [7, 11) is 0. The van der Waals surface area contributed by atoms with Gasteiger partial charge in [-0.3, -0.25) is 0 Å². The smallest absolute Gasteiger partial charge is 0.420 e. The molecule has 0 fully saturated rings. The van der Waals surface area contributed by atoms with Crippen LogP contribution >= 0.6 is 0 Å². The number of para-hydroxylation sites is 4. The zero-order chi connectivity index (χ0) is 38.9. The fourth-order valence-corrected chi connectivity index (χ4v) is 9.27. The first-order chi connectivity index (χ1) is 28.4. The molecule has 58 heavy (non-hydrogen) atoms. The molecule has 274 valence electrons. The minimum atomic E-state index is -4.88. The molecule has 0 spiro atoms. The van der Waals surface area contributed by atoms with Gasteiger partial charge < -0.3 is 18.0 Å². The number of rotatable bonds is 3. The van der Waals surface area contributed by atoms with E-state index in [1.54, 1.807) is 45.5 Å². The monoisotopic (exact) mass is 757 g/mol. The molecule has 12 rings (SSSR count). The molecule has 4 aromatic heterocycles. The van der Waals surface area contributed by atoms with Crippen molar-refractivity contribution < 1.29 is 22.0 Å². The first kappa shape index (κ1) is 32.5. The van der Waals surface area contributed by atoms with E-state index < -0.39 is 11.7 Å². The molecule has 12 aromatic rings. The maximum absolute atomic E-state index is 16.8. The third-order valence-corrected chi connectivity index (χ3v) is 11.5. The summed E-state index contributed by atoms with van der Waals surface area (Å²) in [5.74, 6) is 0. The number of alkyl halides is 3. The van der Waals surface area contributed by atoms with Gasteiger partial charge in [-0.25, -0.2) is 4.85 Å². The van der Waals surface area contributed by atoms with E-state index in [9.17, 15) is 0 Å². The molecule has 8 heteroatoms. The number of aromatic nitrogens is 2. The molecule has 0 aliphatic heterocycles. The van der Waals surface area contributed by atoms with E-state index in [4.69, 9.17) is 15.4 Å². The summed E-state index contributed by atoms with van der Waals surface area (Å²) in [6.07, 6.45) is -4.88. The summed E-state index contributed by atoms with van der Waals surface area (Å²) >= 11 is 0. The highest BCUT2D eigenvalue weighted by Gasteiger charge is 2.41. The van der Waals surface area contributed by atoms with Gasteiger partial charge in [-0.05, 0) is 66.2 Å². The van der Waals surface area contributed by atoms with Crippen molar-refractivity contribution in [2.24, 2.45) is 0 Å². The molecular formula is C50H26F3N3O2. The van der Waals surface area contributed by atoms with Crippen LogP contribution in [0.1, 0.15) is 5.56 Å². The second kappa shape index (κ2) is 11.6. The molecule has 0 bridgehead atoms. The van der Waals surface area contributed by atoms with Crippen molar-refractivity contribution in [1.82, 2.24) is 9.13 Å². The molecule has 0 saturated carbocycles. The standard InChI is InChI=1S/C50H26F3N3O2/c1-54-29-12-10-11-28(27-29)30-21-24-39(55-37-17-6-2-13-31(37)33-22-25-42-44(47(33)55)35-15-4-8-19-40(35)57-42)46(50(51,52)53)49(30)56-38-18-7-3-14-32(38)34-23-26-43-45(48(34)56)36-16-5-9-20-41(36)58-43/h2-27H. The largest absolute Gasteiger partial charge is 0.456 e. The Bertz CT molecular complexity index is 3760. The Morgan fingerprint density at radius 2 is 1.02 bits per heavy atom. The van der Waals surface area contributed by atoms with E-state index in [0.717, 1.165) is 37.7 Å². The zero-order valence-corrected chi connectivity index (χ0v) is 30.3. The average Bonchev–Trinajstić information content (AvgIpc) is 4.00. The molecule has 0 N–H and O–H groups in total.